The largest absolute Gasteiger partial charge is 0.346 e. The zero-order valence-corrected chi connectivity index (χ0v) is 14.6. The minimum Gasteiger partial charge on any atom is -0.321 e. The summed E-state index contributed by atoms with van der Waals surface area (Å²) < 4.78 is 0. The smallest absolute Gasteiger partial charge is 0.321 e. The van der Waals surface area contributed by atoms with E-state index in [1.807, 2.05) is 24.3 Å². The van der Waals surface area contributed by atoms with Gasteiger partial charge >= 0.3 is 6.03 Å². The van der Waals surface area contributed by atoms with Crippen molar-refractivity contribution in [1.29, 1.82) is 0 Å². The third-order valence-electron chi connectivity index (χ3n) is 5.19. The van der Waals surface area contributed by atoms with Gasteiger partial charge in [0.2, 0.25) is 0 Å². The summed E-state index contributed by atoms with van der Waals surface area (Å²) in [5.41, 5.74) is 1.39. The Hall–Kier alpha value is -2.17. The lowest BCUT2D eigenvalue weighted by atomic mass is 9.77. The second-order valence-corrected chi connectivity index (χ2v) is 7.38. The zero-order valence-electron chi connectivity index (χ0n) is 14.6. The Balaban J connectivity index is 1.73. The maximum atomic E-state index is 12.7. The molecule has 1 heterocycles. The lowest BCUT2D eigenvalue weighted by Crippen LogP contribution is -2.49. The number of imide groups is 1. The molecule has 2 fully saturated rings. The van der Waals surface area contributed by atoms with Crippen LogP contribution in [0.1, 0.15) is 63.5 Å². The second kappa shape index (κ2) is 6.38. The van der Waals surface area contributed by atoms with Crippen LogP contribution in [0.4, 0.5) is 4.79 Å². The molecule has 1 spiro atoms. The molecule has 0 atom stereocenters. The molecule has 5 nitrogen and oxygen atoms in total. The molecule has 1 saturated carbocycles. The number of hydrogen-bond acceptors (Lipinski definition) is 3. The minimum absolute atomic E-state index is 0.213. The number of rotatable bonds is 3. The summed E-state index contributed by atoms with van der Waals surface area (Å²) in [6.45, 7) is 6.46. The summed E-state index contributed by atoms with van der Waals surface area (Å²) in [6, 6.07) is 7.58. The van der Waals surface area contributed by atoms with Gasteiger partial charge in [0.05, 0.1) is 6.21 Å². The molecule has 0 radical (unpaired) electrons. The Morgan fingerprint density at radius 2 is 1.83 bits per heavy atom. The maximum absolute atomic E-state index is 12.7. The van der Waals surface area contributed by atoms with Crippen LogP contribution in [0.15, 0.2) is 29.4 Å². The Morgan fingerprint density at radius 3 is 2.42 bits per heavy atom. The van der Waals surface area contributed by atoms with Crippen LogP contribution in [-0.4, -0.2) is 28.7 Å². The highest BCUT2D eigenvalue weighted by Crippen LogP contribution is 2.36. The van der Waals surface area contributed by atoms with Crippen LogP contribution in [-0.2, 0) is 4.79 Å². The number of carbonyl (C=O) groups is 2. The second-order valence-electron chi connectivity index (χ2n) is 7.38. The average molecular weight is 327 g/mol. The molecule has 0 aromatic heterocycles. The van der Waals surface area contributed by atoms with E-state index in [0.717, 1.165) is 23.4 Å². The molecule has 1 saturated heterocycles. The van der Waals surface area contributed by atoms with Crippen LogP contribution in [0, 0.1) is 5.92 Å². The van der Waals surface area contributed by atoms with Crippen LogP contribution in [0.25, 0.3) is 0 Å². The number of hydrogen-bond donors (Lipinski definition) is 1. The van der Waals surface area contributed by atoms with Crippen LogP contribution in [0.2, 0.25) is 0 Å². The fourth-order valence-corrected chi connectivity index (χ4v) is 3.40. The zero-order chi connectivity index (χ0) is 17.3. The molecule has 1 aromatic carbocycles. The van der Waals surface area contributed by atoms with E-state index in [4.69, 9.17) is 0 Å². The molecule has 1 aliphatic heterocycles. The summed E-state index contributed by atoms with van der Waals surface area (Å²) in [4.78, 5) is 24.9. The Labute approximate surface area is 143 Å². The first-order valence-corrected chi connectivity index (χ1v) is 8.72. The summed E-state index contributed by atoms with van der Waals surface area (Å²) in [5.74, 6) is 0.863. The van der Waals surface area contributed by atoms with E-state index >= 15 is 0 Å². The van der Waals surface area contributed by atoms with Crippen molar-refractivity contribution in [1.82, 2.24) is 10.3 Å². The van der Waals surface area contributed by atoms with Gasteiger partial charge in [-0.25, -0.2) is 4.79 Å². The third kappa shape index (κ3) is 3.07. The molecule has 1 N–H and O–H groups in total. The predicted octanol–water partition coefficient (Wildman–Crippen LogP) is 3.64. The lowest BCUT2D eigenvalue weighted by Gasteiger charge is -2.33. The number of carbonyl (C=O) groups excluding carboxylic acids is 2. The van der Waals surface area contributed by atoms with Gasteiger partial charge in [-0.3, -0.25) is 4.79 Å². The number of amides is 3. The SMILES string of the molecule is CC1CCC2(CC1)NC(=O)N(/N=C\c1ccc(C(C)C)cc1)C2=O. The first-order valence-electron chi connectivity index (χ1n) is 8.72. The van der Waals surface area contributed by atoms with E-state index in [-0.39, 0.29) is 5.91 Å². The van der Waals surface area contributed by atoms with Gasteiger partial charge in [0.15, 0.2) is 0 Å². The van der Waals surface area contributed by atoms with Crippen molar-refractivity contribution in [2.75, 3.05) is 0 Å². The lowest BCUT2D eigenvalue weighted by molar-refractivity contribution is -0.132. The van der Waals surface area contributed by atoms with Gasteiger partial charge in [-0.1, -0.05) is 45.0 Å². The number of nitrogens with zero attached hydrogens (tertiary/aromatic N) is 2. The summed E-state index contributed by atoms with van der Waals surface area (Å²) in [6.07, 6.45) is 4.90. The Morgan fingerprint density at radius 1 is 1.21 bits per heavy atom. The molecule has 3 amide bonds. The Bertz CT molecular complexity index is 656. The van der Waals surface area contributed by atoms with Gasteiger partial charge < -0.3 is 5.32 Å². The van der Waals surface area contributed by atoms with E-state index in [0.29, 0.717) is 24.7 Å². The first kappa shape index (κ1) is 16.7. The van der Waals surface area contributed by atoms with E-state index < -0.39 is 11.6 Å². The fraction of sp³-hybridized carbons (Fsp3) is 0.526. The van der Waals surface area contributed by atoms with Crippen LogP contribution in [0.3, 0.4) is 0 Å². The van der Waals surface area contributed by atoms with Crippen molar-refractivity contribution in [3.05, 3.63) is 35.4 Å². The average Bonchev–Trinajstić information content (AvgIpc) is 2.79. The summed E-state index contributed by atoms with van der Waals surface area (Å²) >= 11 is 0. The predicted molar refractivity (Wildman–Crippen MR) is 93.9 cm³/mol. The summed E-state index contributed by atoms with van der Waals surface area (Å²) in [7, 11) is 0. The van der Waals surface area contributed by atoms with Crippen molar-refractivity contribution < 1.29 is 9.59 Å². The van der Waals surface area contributed by atoms with Crippen molar-refractivity contribution in [2.24, 2.45) is 11.0 Å². The maximum Gasteiger partial charge on any atom is 0.346 e. The summed E-state index contributed by atoms with van der Waals surface area (Å²) in [5, 5.41) is 8.01. The molecule has 3 rings (SSSR count). The monoisotopic (exact) mass is 327 g/mol. The normalized spacial score (nSPS) is 27.5. The molecule has 0 bridgehead atoms. The Kier molecular flexibility index (Phi) is 4.43. The highest BCUT2D eigenvalue weighted by Gasteiger charge is 2.52. The van der Waals surface area contributed by atoms with Crippen molar-refractivity contribution in [2.45, 2.75) is 57.9 Å². The molecular formula is C19H25N3O2. The quantitative estimate of drug-likeness (QED) is 0.680. The number of hydrazone groups is 1. The molecule has 1 aliphatic carbocycles. The molecule has 5 heteroatoms. The highest BCUT2D eigenvalue weighted by molar-refractivity contribution is 6.07. The van der Waals surface area contributed by atoms with Crippen molar-refractivity contribution in [3.63, 3.8) is 0 Å². The highest BCUT2D eigenvalue weighted by atomic mass is 16.2. The van der Waals surface area contributed by atoms with Gasteiger partial charge in [0.1, 0.15) is 5.54 Å². The van der Waals surface area contributed by atoms with E-state index in [1.165, 1.54) is 5.56 Å². The van der Waals surface area contributed by atoms with Crippen molar-refractivity contribution >= 4 is 18.2 Å². The van der Waals surface area contributed by atoms with Gasteiger partial charge in [0, 0.05) is 0 Å². The fourth-order valence-electron chi connectivity index (χ4n) is 3.40. The molecule has 0 unspecified atom stereocenters. The van der Waals surface area contributed by atoms with Gasteiger partial charge in [-0.15, -0.1) is 5.01 Å². The number of urea groups is 1. The molecule has 128 valence electrons. The molecule has 1 aromatic rings. The van der Waals surface area contributed by atoms with Gasteiger partial charge in [0.25, 0.3) is 5.91 Å². The van der Waals surface area contributed by atoms with E-state index in [2.05, 4.69) is 31.2 Å². The number of benzene rings is 1. The van der Waals surface area contributed by atoms with E-state index in [9.17, 15) is 9.59 Å². The molecule has 2 aliphatic rings. The third-order valence-corrected chi connectivity index (χ3v) is 5.19. The molecule has 24 heavy (non-hydrogen) atoms. The standard InChI is InChI=1S/C19H25N3O2/c1-13(2)16-6-4-15(5-7-16)12-20-22-17(23)19(21-18(22)24)10-8-14(3)9-11-19/h4-7,12-14H,8-11H2,1-3H3,(H,21,24)/b20-12-. The van der Waals surface area contributed by atoms with Gasteiger partial charge in [-0.05, 0) is 48.6 Å². The topological polar surface area (TPSA) is 61.8 Å². The molecular weight excluding hydrogens is 302 g/mol. The van der Waals surface area contributed by atoms with Crippen LogP contribution < -0.4 is 5.32 Å². The number of nitrogens with one attached hydrogen (secondary N) is 1. The van der Waals surface area contributed by atoms with E-state index in [1.54, 1.807) is 6.21 Å². The van der Waals surface area contributed by atoms with Gasteiger partial charge in [-0.2, -0.15) is 5.10 Å². The van der Waals surface area contributed by atoms with Crippen LogP contribution >= 0.6 is 0 Å². The minimum atomic E-state index is -0.734. The van der Waals surface area contributed by atoms with Crippen LogP contribution in [0.5, 0.6) is 0 Å². The first-order chi connectivity index (χ1) is 11.4. The van der Waals surface area contributed by atoms with Crippen molar-refractivity contribution in [3.8, 4) is 0 Å².